The van der Waals surface area contributed by atoms with Gasteiger partial charge < -0.3 is 30.2 Å². The number of carboxylic acids is 2. The van der Waals surface area contributed by atoms with Crippen molar-refractivity contribution in [3.05, 3.63) is 45.2 Å². The maximum absolute atomic E-state index is 15.0. The number of aromatic carboxylic acids is 2. The van der Waals surface area contributed by atoms with Crippen molar-refractivity contribution in [3.63, 3.8) is 0 Å². The topological polar surface area (TPSA) is 152 Å². The average Bonchev–Trinajstić information content (AvgIpc) is 2.79. The number of pyridine rings is 1. The van der Waals surface area contributed by atoms with E-state index in [1.807, 2.05) is 4.98 Å². The van der Waals surface area contributed by atoms with Crippen LogP contribution in [0.15, 0.2) is 16.9 Å². The number of nitrogens with two attached hydrogens (primary N) is 1. The van der Waals surface area contributed by atoms with E-state index in [4.69, 9.17) is 15.0 Å². The number of benzene rings is 1. The summed E-state index contributed by atoms with van der Waals surface area (Å²) in [5.41, 5.74) is -1.08. The first-order valence-electron chi connectivity index (χ1n) is 9.05. The van der Waals surface area contributed by atoms with E-state index < -0.39 is 81.0 Å². The summed E-state index contributed by atoms with van der Waals surface area (Å²) in [6, 6.07) is 1.41. The summed E-state index contributed by atoms with van der Waals surface area (Å²) in [5.74, 6) is -6.51. The third-order valence-corrected chi connectivity index (χ3v) is 5.53. The fourth-order valence-electron chi connectivity index (χ4n) is 3.25. The number of carbonyl (C=O) groups is 2. The third kappa shape index (κ3) is 3.57. The van der Waals surface area contributed by atoms with Crippen LogP contribution in [0.2, 0.25) is 0 Å². The molecule has 164 valence electrons. The smallest absolute Gasteiger partial charge is 0.478 e. The Kier molecular flexibility index (Phi) is 5.19. The summed E-state index contributed by atoms with van der Waals surface area (Å²) in [7, 11) is -1.40. The number of nitrogen functional groups attached to an aromatic ring is 1. The monoisotopic (exact) mass is 436 g/mol. The molecule has 0 aliphatic carbocycles. The standard InChI is InChI=1S/C19H19BF2N2O7/c1-18(2)19(3,4)31-20(30-18)13-8(21)5-7(6-9(13)22)10-11(16(26)27)14(23)24-15(25)12(10)17(28)29/h5-6H,1-4H3,(H,26,27)(H,28,29)(H3,23,24,25). The van der Waals surface area contributed by atoms with Gasteiger partial charge in [-0.15, -0.1) is 0 Å². The number of anilines is 1. The van der Waals surface area contributed by atoms with Gasteiger partial charge >= 0.3 is 19.1 Å². The SMILES string of the molecule is CC1(C)OB(c2c(F)cc(-c3c(C(=O)O)c(N)[nH]c(=O)c3C(=O)O)cc2F)OC1(C)C. The molecular weight excluding hydrogens is 417 g/mol. The van der Waals surface area contributed by atoms with Crippen LogP contribution < -0.4 is 16.8 Å². The molecule has 1 aliphatic heterocycles. The van der Waals surface area contributed by atoms with Gasteiger partial charge in [0.05, 0.1) is 16.7 Å². The van der Waals surface area contributed by atoms with Gasteiger partial charge in [-0.05, 0) is 45.4 Å². The lowest BCUT2D eigenvalue weighted by Crippen LogP contribution is -2.41. The second-order valence-electron chi connectivity index (χ2n) is 8.04. The quantitative estimate of drug-likeness (QED) is 0.528. The highest BCUT2D eigenvalue weighted by atomic mass is 19.1. The molecule has 5 N–H and O–H groups in total. The maximum Gasteiger partial charge on any atom is 0.500 e. The summed E-state index contributed by atoms with van der Waals surface area (Å²) < 4.78 is 41.3. The van der Waals surface area contributed by atoms with E-state index in [2.05, 4.69) is 0 Å². The molecule has 0 radical (unpaired) electrons. The molecule has 1 aromatic heterocycles. The van der Waals surface area contributed by atoms with Crippen LogP contribution in [0.4, 0.5) is 14.6 Å². The molecule has 12 heteroatoms. The van der Waals surface area contributed by atoms with Crippen molar-refractivity contribution in [3.8, 4) is 11.1 Å². The molecule has 0 atom stereocenters. The highest BCUT2D eigenvalue weighted by Crippen LogP contribution is 2.37. The zero-order valence-corrected chi connectivity index (χ0v) is 17.0. The molecule has 1 aliphatic rings. The predicted octanol–water partition coefficient (Wildman–Crippen LogP) is 1.60. The van der Waals surface area contributed by atoms with Crippen LogP contribution in [0.3, 0.4) is 0 Å². The summed E-state index contributed by atoms with van der Waals surface area (Å²) in [6.45, 7) is 6.76. The number of aromatic nitrogens is 1. The lowest BCUT2D eigenvalue weighted by Gasteiger charge is -2.32. The summed E-state index contributed by atoms with van der Waals surface area (Å²) in [6.07, 6.45) is 0. The van der Waals surface area contributed by atoms with Gasteiger partial charge in [-0.25, -0.2) is 18.4 Å². The highest BCUT2D eigenvalue weighted by Gasteiger charge is 2.53. The van der Waals surface area contributed by atoms with E-state index in [0.29, 0.717) is 12.1 Å². The van der Waals surface area contributed by atoms with Crippen LogP contribution in [-0.4, -0.2) is 45.5 Å². The Morgan fingerprint density at radius 1 is 1.00 bits per heavy atom. The molecule has 31 heavy (non-hydrogen) atoms. The van der Waals surface area contributed by atoms with E-state index >= 15 is 8.78 Å². The van der Waals surface area contributed by atoms with Crippen LogP contribution in [0.25, 0.3) is 11.1 Å². The van der Waals surface area contributed by atoms with E-state index in [0.717, 1.165) is 0 Å². The molecule has 1 saturated heterocycles. The van der Waals surface area contributed by atoms with E-state index in [1.54, 1.807) is 27.7 Å². The fourth-order valence-corrected chi connectivity index (χ4v) is 3.25. The summed E-state index contributed by atoms with van der Waals surface area (Å²) in [4.78, 5) is 37.3. The predicted molar refractivity (Wildman–Crippen MR) is 106 cm³/mol. The minimum Gasteiger partial charge on any atom is -0.478 e. The molecule has 2 aromatic rings. The number of H-pyrrole nitrogens is 1. The van der Waals surface area contributed by atoms with E-state index in [-0.39, 0.29) is 0 Å². The first kappa shape index (κ1) is 22.4. The number of aromatic amines is 1. The van der Waals surface area contributed by atoms with Crippen molar-refractivity contribution in [2.75, 3.05) is 5.73 Å². The lowest BCUT2D eigenvalue weighted by atomic mass is 9.77. The normalized spacial score (nSPS) is 17.0. The van der Waals surface area contributed by atoms with Crippen molar-refractivity contribution in [2.24, 2.45) is 0 Å². The van der Waals surface area contributed by atoms with Crippen molar-refractivity contribution in [1.29, 1.82) is 0 Å². The van der Waals surface area contributed by atoms with Crippen LogP contribution in [0, 0.1) is 11.6 Å². The molecule has 0 spiro atoms. The molecule has 1 aromatic carbocycles. The Morgan fingerprint density at radius 3 is 1.87 bits per heavy atom. The van der Waals surface area contributed by atoms with Gasteiger partial charge in [0.25, 0.3) is 5.56 Å². The molecule has 2 heterocycles. The Hall–Kier alpha value is -3.25. The number of rotatable bonds is 4. The van der Waals surface area contributed by atoms with Crippen LogP contribution >= 0.6 is 0 Å². The second-order valence-corrected chi connectivity index (χ2v) is 8.04. The molecule has 0 amide bonds. The lowest BCUT2D eigenvalue weighted by molar-refractivity contribution is 0.00578. The minimum atomic E-state index is -1.80. The molecule has 0 bridgehead atoms. The average molecular weight is 436 g/mol. The van der Waals surface area contributed by atoms with Gasteiger partial charge in [-0.1, -0.05) is 0 Å². The minimum absolute atomic E-state index is 0.497. The maximum atomic E-state index is 15.0. The molecule has 3 rings (SSSR count). The van der Waals surface area contributed by atoms with Gasteiger partial charge in [0.2, 0.25) is 0 Å². The molecule has 0 saturated carbocycles. The summed E-state index contributed by atoms with van der Waals surface area (Å²) >= 11 is 0. The van der Waals surface area contributed by atoms with Gasteiger partial charge in [0.1, 0.15) is 28.6 Å². The number of carboxylic acid groups (broad SMARTS) is 2. The fraction of sp³-hybridized carbons (Fsp3) is 0.316. The molecular formula is C19H19BF2N2O7. The Morgan fingerprint density at radius 2 is 1.45 bits per heavy atom. The molecule has 1 fully saturated rings. The second kappa shape index (κ2) is 7.17. The van der Waals surface area contributed by atoms with E-state index in [1.165, 1.54) is 0 Å². The first-order chi connectivity index (χ1) is 14.2. The number of halogens is 2. The Balaban J connectivity index is 2.26. The summed E-state index contributed by atoms with van der Waals surface area (Å²) in [5, 5.41) is 18.9. The van der Waals surface area contributed by atoms with Gasteiger partial charge in [-0.3, -0.25) is 4.79 Å². The van der Waals surface area contributed by atoms with Gasteiger partial charge in [0, 0.05) is 5.56 Å². The zero-order valence-electron chi connectivity index (χ0n) is 17.0. The first-order valence-corrected chi connectivity index (χ1v) is 9.05. The highest BCUT2D eigenvalue weighted by molar-refractivity contribution is 6.62. The van der Waals surface area contributed by atoms with Crippen LogP contribution in [0.5, 0.6) is 0 Å². The van der Waals surface area contributed by atoms with Crippen LogP contribution in [-0.2, 0) is 9.31 Å². The number of nitrogens with one attached hydrogen (secondary N) is 1. The number of hydrogen-bond donors (Lipinski definition) is 4. The Labute approximate surface area is 174 Å². The van der Waals surface area contributed by atoms with Crippen molar-refractivity contribution in [2.45, 2.75) is 38.9 Å². The van der Waals surface area contributed by atoms with Gasteiger partial charge in [0.15, 0.2) is 0 Å². The zero-order chi connectivity index (χ0) is 23.5. The molecule has 0 unspecified atom stereocenters. The van der Waals surface area contributed by atoms with Crippen molar-refractivity contribution >= 4 is 30.3 Å². The van der Waals surface area contributed by atoms with Gasteiger partial charge in [-0.2, -0.15) is 0 Å². The van der Waals surface area contributed by atoms with E-state index in [9.17, 15) is 24.6 Å². The largest absolute Gasteiger partial charge is 0.500 e. The Bertz CT molecular complexity index is 1140. The van der Waals surface area contributed by atoms with Crippen molar-refractivity contribution < 1.29 is 37.9 Å². The van der Waals surface area contributed by atoms with Crippen molar-refractivity contribution in [1.82, 2.24) is 4.98 Å². The molecule has 9 nitrogen and oxygen atoms in total. The van der Waals surface area contributed by atoms with Crippen LogP contribution in [0.1, 0.15) is 48.4 Å². The third-order valence-electron chi connectivity index (χ3n) is 5.53. The number of hydrogen-bond acceptors (Lipinski definition) is 6.